The molecule has 0 unspecified atom stereocenters. The third-order valence-corrected chi connectivity index (χ3v) is 4.74. The van der Waals surface area contributed by atoms with E-state index in [1.54, 1.807) is 0 Å². The van der Waals surface area contributed by atoms with Crippen LogP contribution in [0.5, 0.6) is 0 Å². The molecule has 1 aromatic carbocycles. The van der Waals surface area contributed by atoms with E-state index in [1.165, 1.54) is 12.8 Å². The second-order valence-electron chi connectivity index (χ2n) is 5.63. The van der Waals surface area contributed by atoms with E-state index in [0.717, 1.165) is 42.0 Å². The lowest BCUT2D eigenvalue weighted by molar-refractivity contribution is 0.236. The average Bonchev–Trinajstić information content (AvgIpc) is 2.48. The van der Waals surface area contributed by atoms with Crippen LogP contribution in [0, 0.1) is 5.92 Å². The van der Waals surface area contributed by atoms with Gasteiger partial charge in [-0.1, -0.05) is 34.1 Å². The number of rotatable bonds is 5. The summed E-state index contributed by atoms with van der Waals surface area (Å²) in [4.78, 5) is 11.9. The van der Waals surface area contributed by atoms with Gasteiger partial charge in [0.05, 0.1) is 6.04 Å². The van der Waals surface area contributed by atoms with Gasteiger partial charge >= 0.3 is 6.03 Å². The van der Waals surface area contributed by atoms with E-state index in [4.69, 9.17) is 0 Å². The first-order valence-electron chi connectivity index (χ1n) is 7.66. The highest BCUT2D eigenvalue weighted by Gasteiger charge is 2.14. The van der Waals surface area contributed by atoms with Crippen LogP contribution in [0.1, 0.15) is 37.8 Å². The molecule has 0 spiro atoms. The first-order chi connectivity index (χ1) is 10.2. The van der Waals surface area contributed by atoms with Crippen LogP contribution in [0.25, 0.3) is 0 Å². The molecule has 0 aliphatic carbocycles. The van der Waals surface area contributed by atoms with Gasteiger partial charge < -0.3 is 16.0 Å². The zero-order valence-electron chi connectivity index (χ0n) is 12.5. The molecule has 0 saturated carbocycles. The average molecular weight is 354 g/mol. The number of piperidine rings is 1. The number of halogens is 1. The Balaban J connectivity index is 1.70. The lowest BCUT2D eigenvalue weighted by Gasteiger charge is -2.23. The van der Waals surface area contributed by atoms with Crippen LogP contribution in [0.3, 0.4) is 0 Å². The van der Waals surface area contributed by atoms with Gasteiger partial charge in [-0.25, -0.2) is 4.79 Å². The smallest absolute Gasteiger partial charge is 0.315 e. The monoisotopic (exact) mass is 353 g/mol. The van der Waals surface area contributed by atoms with Crippen molar-refractivity contribution in [3.05, 3.63) is 34.3 Å². The third-order valence-electron chi connectivity index (χ3n) is 4.02. The maximum atomic E-state index is 11.9. The van der Waals surface area contributed by atoms with E-state index in [0.29, 0.717) is 0 Å². The Morgan fingerprint density at radius 1 is 1.38 bits per heavy atom. The summed E-state index contributed by atoms with van der Waals surface area (Å²) in [5, 5.41) is 9.31. The van der Waals surface area contributed by atoms with E-state index >= 15 is 0 Å². The molecule has 1 aromatic rings. The lowest BCUT2D eigenvalue weighted by atomic mass is 9.95. The minimum atomic E-state index is -0.0906. The molecule has 1 aliphatic heterocycles. The lowest BCUT2D eigenvalue weighted by Crippen LogP contribution is -2.38. The van der Waals surface area contributed by atoms with Crippen LogP contribution in [0.2, 0.25) is 0 Å². The fraction of sp³-hybridized carbons (Fsp3) is 0.562. The summed E-state index contributed by atoms with van der Waals surface area (Å²) in [5.41, 5.74) is 1.09. The van der Waals surface area contributed by atoms with E-state index < -0.39 is 0 Å². The Bertz CT molecular complexity index is 461. The first kappa shape index (κ1) is 16.3. The number of nitrogens with one attached hydrogen (secondary N) is 3. The van der Waals surface area contributed by atoms with Gasteiger partial charge in [-0.15, -0.1) is 0 Å². The Morgan fingerprint density at radius 3 is 2.81 bits per heavy atom. The van der Waals surface area contributed by atoms with E-state index in [-0.39, 0.29) is 12.1 Å². The standard InChI is InChI=1S/C16H24BrN3O/c1-12(14-4-2-3-5-15(14)17)20-16(21)19-11-8-13-6-9-18-10-7-13/h2-5,12-13,18H,6-11H2,1H3,(H2,19,20,21)/t12-/m0/s1. The van der Waals surface area contributed by atoms with Crippen LogP contribution in [0.4, 0.5) is 4.79 Å². The zero-order chi connectivity index (χ0) is 15.1. The normalized spacial score (nSPS) is 17.2. The van der Waals surface area contributed by atoms with Gasteiger partial charge in [-0.2, -0.15) is 0 Å². The molecule has 0 bridgehead atoms. The summed E-state index contributed by atoms with van der Waals surface area (Å²) < 4.78 is 1.02. The molecule has 5 heteroatoms. The van der Waals surface area contributed by atoms with Crippen molar-refractivity contribution in [3.8, 4) is 0 Å². The molecule has 1 aliphatic rings. The van der Waals surface area contributed by atoms with E-state index in [1.807, 2.05) is 31.2 Å². The van der Waals surface area contributed by atoms with Crippen LogP contribution in [-0.4, -0.2) is 25.7 Å². The largest absolute Gasteiger partial charge is 0.338 e. The fourth-order valence-corrected chi connectivity index (χ4v) is 3.34. The Kier molecular flexibility index (Phi) is 6.51. The van der Waals surface area contributed by atoms with Crippen molar-refractivity contribution in [2.45, 2.75) is 32.2 Å². The van der Waals surface area contributed by atoms with Gasteiger partial charge in [0.2, 0.25) is 0 Å². The zero-order valence-corrected chi connectivity index (χ0v) is 14.1. The number of amides is 2. The van der Waals surface area contributed by atoms with Crippen LogP contribution in [-0.2, 0) is 0 Å². The van der Waals surface area contributed by atoms with E-state index in [9.17, 15) is 4.79 Å². The van der Waals surface area contributed by atoms with Crippen molar-refractivity contribution >= 4 is 22.0 Å². The SMILES string of the molecule is C[C@H](NC(=O)NCCC1CCNCC1)c1ccccc1Br. The maximum absolute atomic E-state index is 11.9. The number of hydrogen-bond donors (Lipinski definition) is 3. The second-order valence-corrected chi connectivity index (χ2v) is 6.48. The Hall–Kier alpha value is -1.07. The fourth-order valence-electron chi connectivity index (χ4n) is 2.71. The first-order valence-corrected chi connectivity index (χ1v) is 8.45. The molecule has 1 saturated heterocycles. The van der Waals surface area contributed by atoms with Crippen molar-refractivity contribution in [2.75, 3.05) is 19.6 Å². The number of carbonyl (C=O) groups is 1. The van der Waals surface area contributed by atoms with Gasteiger partial charge in [-0.05, 0) is 56.8 Å². The molecule has 4 nitrogen and oxygen atoms in total. The molecule has 2 amide bonds. The summed E-state index contributed by atoms with van der Waals surface area (Å²) in [6.07, 6.45) is 3.51. The molecule has 116 valence electrons. The molecule has 1 heterocycles. The molecule has 3 N–H and O–H groups in total. The van der Waals surface area contributed by atoms with E-state index in [2.05, 4.69) is 31.9 Å². The van der Waals surface area contributed by atoms with Crippen molar-refractivity contribution in [1.82, 2.24) is 16.0 Å². The number of benzene rings is 1. The summed E-state index contributed by atoms with van der Waals surface area (Å²) in [6.45, 7) is 4.96. The Morgan fingerprint density at radius 2 is 2.10 bits per heavy atom. The number of hydrogen-bond acceptors (Lipinski definition) is 2. The molecule has 1 fully saturated rings. The third kappa shape index (κ3) is 5.32. The van der Waals surface area contributed by atoms with Crippen molar-refractivity contribution in [1.29, 1.82) is 0 Å². The molecule has 0 radical (unpaired) electrons. The summed E-state index contributed by atoms with van der Waals surface area (Å²) >= 11 is 3.51. The van der Waals surface area contributed by atoms with Gasteiger partial charge in [0.1, 0.15) is 0 Å². The highest BCUT2D eigenvalue weighted by atomic mass is 79.9. The highest BCUT2D eigenvalue weighted by Crippen LogP contribution is 2.22. The molecular formula is C16H24BrN3O. The van der Waals surface area contributed by atoms with Gasteiger partial charge in [0.15, 0.2) is 0 Å². The summed E-state index contributed by atoms with van der Waals surface area (Å²) in [6, 6.07) is 7.85. The van der Waals surface area contributed by atoms with Gasteiger partial charge in [-0.3, -0.25) is 0 Å². The maximum Gasteiger partial charge on any atom is 0.315 e. The van der Waals surface area contributed by atoms with Gasteiger partial charge in [0.25, 0.3) is 0 Å². The molecular weight excluding hydrogens is 330 g/mol. The van der Waals surface area contributed by atoms with Crippen LogP contribution in [0.15, 0.2) is 28.7 Å². The topological polar surface area (TPSA) is 53.2 Å². The second kappa shape index (κ2) is 8.39. The van der Waals surface area contributed by atoms with Crippen molar-refractivity contribution in [3.63, 3.8) is 0 Å². The highest BCUT2D eigenvalue weighted by molar-refractivity contribution is 9.10. The van der Waals surface area contributed by atoms with Crippen LogP contribution >= 0.6 is 15.9 Å². The molecule has 2 rings (SSSR count). The van der Waals surface area contributed by atoms with Gasteiger partial charge in [0, 0.05) is 11.0 Å². The minimum absolute atomic E-state index is 0.0144. The summed E-state index contributed by atoms with van der Waals surface area (Å²) in [7, 11) is 0. The molecule has 0 aromatic heterocycles. The number of urea groups is 1. The molecule has 21 heavy (non-hydrogen) atoms. The minimum Gasteiger partial charge on any atom is -0.338 e. The molecule has 1 atom stereocenters. The Labute approximate surface area is 135 Å². The van der Waals surface area contributed by atoms with Crippen LogP contribution < -0.4 is 16.0 Å². The number of carbonyl (C=O) groups excluding carboxylic acids is 1. The van der Waals surface area contributed by atoms with Crippen molar-refractivity contribution < 1.29 is 4.79 Å². The summed E-state index contributed by atoms with van der Waals surface area (Å²) in [5.74, 6) is 0.743. The predicted molar refractivity (Wildman–Crippen MR) is 89.3 cm³/mol. The quantitative estimate of drug-likeness (QED) is 0.761. The predicted octanol–water partition coefficient (Wildman–Crippen LogP) is 3.20. The van der Waals surface area contributed by atoms with Crippen molar-refractivity contribution in [2.24, 2.45) is 5.92 Å².